The van der Waals surface area contributed by atoms with Crippen LogP contribution in [0.5, 0.6) is 5.75 Å². The van der Waals surface area contributed by atoms with Crippen molar-refractivity contribution in [1.29, 1.82) is 0 Å². The fourth-order valence-corrected chi connectivity index (χ4v) is 3.44. The summed E-state index contributed by atoms with van der Waals surface area (Å²) in [4.78, 5) is 14.4. The summed E-state index contributed by atoms with van der Waals surface area (Å²) in [6.45, 7) is 1.96. The van der Waals surface area contributed by atoms with Gasteiger partial charge in [0.25, 0.3) is 5.91 Å². The number of halogens is 4. The van der Waals surface area contributed by atoms with Gasteiger partial charge in [-0.15, -0.1) is 0 Å². The Morgan fingerprint density at radius 3 is 2.07 bits per heavy atom. The van der Waals surface area contributed by atoms with Crippen molar-refractivity contribution in [2.24, 2.45) is 0 Å². The Bertz CT molecular complexity index is 935. The molecule has 30 heavy (non-hydrogen) atoms. The summed E-state index contributed by atoms with van der Waals surface area (Å²) in [5, 5.41) is 4.41. The van der Waals surface area contributed by atoms with E-state index < -0.39 is 40.5 Å². The molecule has 0 bridgehead atoms. The van der Waals surface area contributed by atoms with E-state index in [0.717, 1.165) is 38.7 Å². The minimum Gasteiger partial charge on any atom is -0.491 e. The maximum atomic E-state index is 14.0. The quantitative estimate of drug-likeness (QED) is 0.419. The van der Waals surface area contributed by atoms with E-state index in [9.17, 15) is 22.4 Å². The van der Waals surface area contributed by atoms with Crippen molar-refractivity contribution in [2.75, 3.05) is 30.4 Å². The molecule has 0 unspecified atom stereocenters. The Labute approximate surface area is 176 Å². The van der Waals surface area contributed by atoms with Gasteiger partial charge < -0.3 is 15.0 Å². The number of carbonyl (C=O) groups excluding carboxylic acids is 1. The number of hydrogen-bond acceptors (Lipinski definition) is 4. The van der Waals surface area contributed by atoms with E-state index in [-0.39, 0.29) is 5.11 Å². The highest BCUT2D eigenvalue weighted by atomic mass is 32.1. The smallest absolute Gasteiger partial charge is 0.263 e. The maximum Gasteiger partial charge on any atom is 0.263 e. The highest BCUT2D eigenvalue weighted by Crippen LogP contribution is 2.29. The van der Waals surface area contributed by atoms with Crippen molar-refractivity contribution in [2.45, 2.75) is 19.3 Å². The third-order valence-electron chi connectivity index (χ3n) is 4.73. The summed E-state index contributed by atoms with van der Waals surface area (Å²) < 4.78 is 60.0. The first-order chi connectivity index (χ1) is 14.3. The molecular weight excluding hydrogens is 422 g/mol. The van der Waals surface area contributed by atoms with E-state index >= 15 is 0 Å². The number of ether oxygens (including phenoxy) is 1. The topological polar surface area (TPSA) is 53.6 Å². The molecular formula is C20H19F4N3O2S. The number of thiocarbonyl (C=S) groups is 1. The molecule has 1 amide bonds. The number of hydrogen-bond donors (Lipinski definition) is 2. The second-order valence-electron chi connectivity index (χ2n) is 6.67. The Hall–Kier alpha value is -2.88. The molecule has 0 aliphatic carbocycles. The molecule has 1 heterocycles. The van der Waals surface area contributed by atoms with Crippen molar-refractivity contribution >= 4 is 34.6 Å². The Balaban J connectivity index is 1.69. The van der Waals surface area contributed by atoms with Gasteiger partial charge in [0.2, 0.25) is 11.6 Å². The van der Waals surface area contributed by atoms with E-state index in [1.54, 1.807) is 12.1 Å². The third-order valence-corrected chi connectivity index (χ3v) is 4.93. The number of nitrogens with one attached hydrogen (secondary N) is 2. The van der Waals surface area contributed by atoms with Gasteiger partial charge in [0.15, 0.2) is 22.5 Å². The summed E-state index contributed by atoms with van der Waals surface area (Å²) in [6, 6.07) is 7.23. The molecule has 1 aliphatic heterocycles. The summed E-state index contributed by atoms with van der Waals surface area (Å²) in [7, 11) is 0.843. The lowest BCUT2D eigenvalue weighted by Crippen LogP contribution is -2.35. The summed E-state index contributed by atoms with van der Waals surface area (Å²) >= 11 is 4.96. The van der Waals surface area contributed by atoms with Crippen LogP contribution in [-0.2, 0) is 0 Å². The molecule has 0 saturated carbocycles. The molecule has 0 spiro atoms. The molecule has 2 aromatic rings. The minimum absolute atomic E-state index is 0.291. The Kier molecular flexibility index (Phi) is 6.76. The van der Waals surface area contributed by atoms with Crippen LogP contribution in [0.1, 0.15) is 29.6 Å². The van der Waals surface area contributed by atoms with Gasteiger partial charge in [-0.2, -0.15) is 8.78 Å². The van der Waals surface area contributed by atoms with Gasteiger partial charge in [-0.3, -0.25) is 10.1 Å². The van der Waals surface area contributed by atoms with Crippen LogP contribution in [0, 0.1) is 23.3 Å². The lowest BCUT2D eigenvalue weighted by Gasteiger charge is -2.28. The number of carbonyl (C=O) groups is 1. The SMILES string of the molecule is COc1c(F)c(F)c(C(=O)NC(=S)Nc2ccc(N3CCCCC3)cc2)c(F)c1F. The fourth-order valence-electron chi connectivity index (χ4n) is 3.23. The second-order valence-corrected chi connectivity index (χ2v) is 7.08. The first-order valence-electron chi connectivity index (χ1n) is 9.20. The van der Waals surface area contributed by atoms with E-state index in [2.05, 4.69) is 15.0 Å². The monoisotopic (exact) mass is 441 g/mol. The van der Waals surface area contributed by atoms with Crippen molar-refractivity contribution in [3.63, 3.8) is 0 Å². The zero-order valence-electron chi connectivity index (χ0n) is 16.0. The molecule has 3 rings (SSSR count). The third kappa shape index (κ3) is 4.48. The molecule has 2 aromatic carbocycles. The van der Waals surface area contributed by atoms with Gasteiger partial charge in [0.1, 0.15) is 5.56 Å². The first kappa shape index (κ1) is 21.8. The average Bonchev–Trinajstić information content (AvgIpc) is 2.74. The molecule has 10 heteroatoms. The van der Waals surface area contributed by atoms with Crippen LogP contribution in [0.25, 0.3) is 0 Å². The average molecular weight is 441 g/mol. The fraction of sp³-hybridized carbons (Fsp3) is 0.300. The summed E-state index contributed by atoms with van der Waals surface area (Å²) in [5.74, 6) is -10.1. The van der Waals surface area contributed by atoms with Gasteiger partial charge in [-0.05, 0) is 55.7 Å². The van der Waals surface area contributed by atoms with Crippen molar-refractivity contribution in [1.82, 2.24) is 5.32 Å². The van der Waals surface area contributed by atoms with Crippen molar-refractivity contribution in [3.05, 3.63) is 53.1 Å². The molecule has 0 aromatic heterocycles. The van der Waals surface area contributed by atoms with Crippen LogP contribution in [0.15, 0.2) is 24.3 Å². The van der Waals surface area contributed by atoms with Gasteiger partial charge in [0.05, 0.1) is 7.11 Å². The molecule has 0 radical (unpaired) electrons. The number of benzene rings is 2. The van der Waals surface area contributed by atoms with Crippen LogP contribution in [0.4, 0.5) is 28.9 Å². The number of amides is 1. The molecule has 1 fully saturated rings. The van der Waals surface area contributed by atoms with Crippen molar-refractivity contribution < 1.29 is 27.1 Å². The number of rotatable bonds is 4. The predicted molar refractivity (Wildman–Crippen MR) is 109 cm³/mol. The van der Waals surface area contributed by atoms with E-state index in [1.807, 2.05) is 17.4 Å². The Morgan fingerprint density at radius 2 is 1.53 bits per heavy atom. The van der Waals surface area contributed by atoms with Crippen LogP contribution in [0.3, 0.4) is 0 Å². The molecule has 160 valence electrons. The molecule has 5 nitrogen and oxygen atoms in total. The molecule has 2 N–H and O–H groups in total. The second kappa shape index (κ2) is 9.29. The van der Waals surface area contributed by atoms with E-state index in [0.29, 0.717) is 5.69 Å². The molecule has 0 atom stereocenters. The number of nitrogens with zero attached hydrogens (tertiary/aromatic N) is 1. The van der Waals surface area contributed by atoms with Crippen molar-refractivity contribution in [3.8, 4) is 5.75 Å². The van der Waals surface area contributed by atoms with Gasteiger partial charge >= 0.3 is 0 Å². The standard InChI is InChI=1S/C20H19F4N3O2S/c1-29-18-16(23)14(21)13(15(22)17(18)24)19(28)26-20(30)25-11-5-7-12(8-6-11)27-9-3-2-4-10-27/h5-8H,2-4,9-10H2,1H3,(H2,25,26,28,30). The lowest BCUT2D eigenvalue weighted by atomic mass is 10.1. The normalized spacial score (nSPS) is 13.7. The minimum atomic E-state index is -1.88. The number of methoxy groups -OCH3 is 1. The number of anilines is 2. The lowest BCUT2D eigenvalue weighted by molar-refractivity contribution is 0.0966. The molecule has 1 saturated heterocycles. The molecule has 1 aliphatic rings. The maximum absolute atomic E-state index is 14.0. The van der Waals surface area contributed by atoms with Crippen LogP contribution >= 0.6 is 12.2 Å². The zero-order chi connectivity index (χ0) is 21.8. The van der Waals surface area contributed by atoms with Gasteiger partial charge in [-0.1, -0.05) is 0 Å². The Morgan fingerprint density at radius 1 is 0.967 bits per heavy atom. The van der Waals surface area contributed by atoms with Crippen LogP contribution < -0.4 is 20.3 Å². The van der Waals surface area contributed by atoms with Gasteiger partial charge in [-0.25, -0.2) is 8.78 Å². The predicted octanol–water partition coefficient (Wildman–Crippen LogP) is 4.37. The van der Waals surface area contributed by atoms with Crippen LogP contribution in [0.2, 0.25) is 0 Å². The summed E-state index contributed by atoms with van der Waals surface area (Å²) in [5.41, 5.74) is 0.132. The highest BCUT2D eigenvalue weighted by Gasteiger charge is 2.30. The number of piperidine rings is 1. The van der Waals surface area contributed by atoms with Crippen LogP contribution in [-0.4, -0.2) is 31.2 Å². The van der Waals surface area contributed by atoms with Gasteiger partial charge in [0, 0.05) is 24.5 Å². The largest absolute Gasteiger partial charge is 0.491 e. The zero-order valence-corrected chi connectivity index (χ0v) is 16.8. The highest BCUT2D eigenvalue weighted by molar-refractivity contribution is 7.80. The summed E-state index contributed by atoms with van der Waals surface area (Å²) in [6.07, 6.45) is 3.48. The van der Waals surface area contributed by atoms with E-state index in [1.165, 1.54) is 6.42 Å². The first-order valence-corrected chi connectivity index (χ1v) is 9.61. The van der Waals surface area contributed by atoms with E-state index in [4.69, 9.17) is 12.2 Å².